The van der Waals surface area contributed by atoms with E-state index >= 15 is 0 Å². The Morgan fingerprint density at radius 2 is 1.46 bits per heavy atom. The highest BCUT2D eigenvalue weighted by atomic mass is 79.9. The number of nitrogens with zero attached hydrogens (tertiary/aromatic N) is 2. The number of carbonyl (C=O) groups is 1. The van der Waals surface area contributed by atoms with E-state index in [0.29, 0.717) is 11.3 Å². The third kappa shape index (κ3) is 3.94. The van der Waals surface area contributed by atoms with Gasteiger partial charge in [-0.25, -0.2) is 4.79 Å². The summed E-state index contributed by atoms with van der Waals surface area (Å²) in [6.07, 6.45) is 3.34. The van der Waals surface area contributed by atoms with Gasteiger partial charge in [0.15, 0.2) is 0 Å². The first-order valence-electron chi connectivity index (χ1n) is 7.25. The molecular formula is C19H13BrN2O2. The summed E-state index contributed by atoms with van der Waals surface area (Å²) in [7, 11) is 0. The van der Waals surface area contributed by atoms with Crippen LogP contribution in [0.25, 0.3) is 0 Å². The predicted octanol–water partition coefficient (Wildman–Crippen LogP) is 4.45. The average molecular weight is 381 g/mol. The molecule has 0 aliphatic rings. The van der Waals surface area contributed by atoms with Gasteiger partial charge in [-0.2, -0.15) is 0 Å². The van der Waals surface area contributed by atoms with Crippen molar-refractivity contribution in [1.29, 1.82) is 0 Å². The van der Waals surface area contributed by atoms with Gasteiger partial charge in [0, 0.05) is 28.0 Å². The lowest BCUT2D eigenvalue weighted by atomic mass is 10.0. The van der Waals surface area contributed by atoms with Gasteiger partial charge in [0.2, 0.25) is 0 Å². The zero-order valence-electron chi connectivity index (χ0n) is 12.6. The highest BCUT2D eigenvalue weighted by Crippen LogP contribution is 2.13. The van der Waals surface area contributed by atoms with Crippen molar-refractivity contribution in [2.24, 2.45) is 5.16 Å². The lowest BCUT2D eigenvalue weighted by Crippen LogP contribution is -2.08. The van der Waals surface area contributed by atoms with Crippen LogP contribution in [0.4, 0.5) is 0 Å². The summed E-state index contributed by atoms with van der Waals surface area (Å²) in [5.74, 6) is -0.509. The Kier molecular flexibility index (Phi) is 5.13. The molecule has 24 heavy (non-hydrogen) atoms. The van der Waals surface area contributed by atoms with Crippen LogP contribution in [0.3, 0.4) is 0 Å². The molecule has 0 bridgehead atoms. The van der Waals surface area contributed by atoms with Crippen LogP contribution in [0.5, 0.6) is 0 Å². The molecule has 1 aromatic heterocycles. The minimum atomic E-state index is -0.509. The number of hydrogen-bond donors (Lipinski definition) is 0. The Morgan fingerprint density at radius 3 is 2.12 bits per heavy atom. The number of aromatic nitrogens is 1. The molecule has 4 nitrogen and oxygen atoms in total. The Morgan fingerprint density at radius 1 is 0.833 bits per heavy atom. The van der Waals surface area contributed by atoms with Crippen molar-refractivity contribution < 1.29 is 9.63 Å². The van der Waals surface area contributed by atoms with Gasteiger partial charge in [-0.3, -0.25) is 4.98 Å². The number of benzene rings is 2. The van der Waals surface area contributed by atoms with E-state index in [1.54, 1.807) is 36.7 Å². The second-order valence-electron chi connectivity index (χ2n) is 4.93. The van der Waals surface area contributed by atoms with E-state index in [-0.39, 0.29) is 0 Å². The van der Waals surface area contributed by atoms with Gasteiger partial charge in [-0.15, -0.1) is 0 Å². The molecule has 0 radical (unpaired) electrons. The zero-order valence-corrected chi connectivity index (χ0v) is 14.2. The zero-order chi connectivity index (χ0) is 16.8. The molecule has 0 spiro atoms. The molecule has 3 aromatic rings. The summed E-state index contributed by atoms with van der Waals surface area (Å²) in [5.41, 5.74) is 2.68. The SMILES string of the molecule is O=C(ON=C(c1ccccc1)c1ccncc1)c1ccc(Br)cc1. The van der Waals surface area contributed by atoms with Gasteiger partial charge < -0.3 is 4.84 Å². The molecular weight excluding hydrogens is 368 g/mol. The van der Waals surface area contributed by atoms with Gasteiger partial charge in [-0.05, 0) is 36.4 Å². The number of oxime groups is 1. The Hall–Kier alpha value is -2.79. The molecule has 2 aromatic carbocycles. The van der Waals surface area contributed by atoms with Crippen molar-refractivity contribution in [2.45, 2.75) is 0 Å². The van der Waals surface area contributed by atoms with E-state index in [1.807, 2.05) is 42.5 Å². The number of hydrogen-bond acceptors (Lipinski definition) is 4. The molecule has 5 heteroatoms. The van der Waals surface area contributed by atoms with E-state index in [1.165, 1.54) is 0 Å². The lowest BCUT2D eigenvalue weighted by Gasteiger charge is -2.06. The van der Waals surface area contributed by atoms with Crippen molar-refractivity contribution >= 4 is 27.6 Å². The third-order valence-electron chi connectivity index (χ3n) is 3.30. The number of rotatable bonds is 4. The van der Waals surface area contributed by atoms with Gasteiger partial charge in [0.1, 0.15) is 5.71 Å². The van der Waals surface area contributed by atoms with E-state index in [0.717, 1.165) is 15.6 Å². The van der Waals surface area contributed by atoms with E-state index in [2.05, 4.69) is 26.1 Å². The quantitative estimate of drug-likeness (QED) is 0.381. The normalized spacial score (nSPS) is 11.1. The van der Waals surface area contributed by atoms with Crippen molar-refractivity contribution in [3.8, 4) is 0 Å². The van der Waals surface area contributed by atoms with E-state index < -0.39 is 5.97 Å². The highest BCUT2D eigenvalue weighted by molar-refractivity contribution is 9.10. The van der Waals surface area contributed by atoms with Crippen LogP contribution in [-0.4, -0.2) is 16.7 Å². The van der Waals surface area contributed by atoms with Crippen LogP contribution in [0.2, 0.25) is 0 Å². The third-order valence-corrected chi connectivity index (χ3v) is 3.83. The fourth-order valence-corrected chi connectivity index (χ4v) is 2.37. The summed E-state index contributed by atoms with van der Waals surface area (Å²) < 4.78 is 0.893. The smallest absolute Gasteiger partial charge is 0.312 e. The van der Waals surface area contributed by atoms with Crippen LogP contribution in [-0.2, 0) is 4.84 Å². The maximum absolute atomic E-state index is 12.2. The fourth-order valence-electron chi connectivity index (χ4n) is 2.10. The number of pyridine rings is 1. The van der Waals surface area contributed by atoms with Crippen LogP contribution < -0.4 is 0 Å². The van der Waals surface area contributed by atoms with Gasteiger partial charge in [-0.1, -0.05) is 51.4 Å². The van der Waals surface area contributed by atoms with Gasteiger partial charge in [0.05, 0.1) is 5.56 Å². The molecule has 0 atom stereocenters. The molecule has 0 saturated heterocycles. The summed E-state index contributed by atoms with van der Waals surface area (Å²) in [4.78, 5) is 21.3. The lowest BCUT2D eigenvalue weighted by molar-refractivity contribution is 0.0517. The summed E-state index contributed by atoms with van der Waals surface area (Å²) in [5, 5.41) is 4.09. The molecule has 0 N–H and O–H groups in total. The first-order valence-corrected chi connectivity index (χ1v) is 8.04. The monoisotopic (exact) mass is 380 g/mol. The predicted molar refractivity (Wildman–Crippen MR) is 95.9 cm³/mol. The average Bonchev–Trinajstić information content (AvgIpc) is 2.64. The molecule has 1 heterocycles. The number of halogens is 1. The standard InChI is InChI=1S/C19H13BrN2O2/c20-17-8-6-16(7-9-17)19(23)24-22-18(14-4-2-1-3-5-14)15-10-12-21-13-11-15/h1-13H. The van der Waals surface area contributed by atoms with Gasteiger partial charge >= 0.3 is 5.97 Å². The highest BCUT2D eigenvalue weighted by Gasteiger charge is 2.11. The second kappa shape index (κ2) is 7.66. The largest absolute Gasteiger partial charge is 0.365 e. The maximum atomic E-state index is 12.2. The van der Waals surface area contributed by atoms with Crippen LogP contribution in [0.1, 0.15) is 21.5 Å². The molecule has 118 valence electrons. The first kappa shape index (κ1) is 16.1. The van der Waals surface area contributed by atoms with E-state index in [9.17, 15) is 4.79 Å². The molecule has 0 fully saturated rings. The first-order chi connectivity index (χ1) is 11.7. The van der Waals surface area contributed by atoms with Crippen molar-refractivity contribution in [1.82, 2.24) is 4.98 Å². The summed E-state index contributed by atoms with van der Waals surface area (Å²) in [6, 6.07) is 20.1. The van der Waals surface area contributed by atoms with Gasteiger partial charge in [0.25, 0.3) is 0 Å². The molecule has 0 unspecified atom stereocenters. The van der Waals surface area contributed by atoms with Crippen molar-refractivity contribution in [3.05, 3.63) is 100 Å². The molecule has 3 rings (SSSR count). The molecule has 0 aliphatic heterocycles. The minimum absolute atomic E-state index is 0.434. The van der Waals surface area contributed by atoms with Crippen molar-refractivity contribution in [2.75, 3.05) is 0 Å². The van der Waals surface area contributed by atoms with Crippen molar-refractivity contribution in [3.63, 3.8) is 0 Å². The molecule has 0 aliphatic carbocycles. The summed E-state index contributed by atoms with van der Waals surface area (Å²) >= 11 is 3.33. The van der Waals surface area contributed by atoms with E-state index in [4.69, 9.17) is 4.84 Å². The number of carbonyl (C=O) groups excluding carboxylic acids is 1. The van der Waals surface area contributed by atoms with Crippen LogP contribution >= 0.6 is 15.9 Å². The topological polar surface area (TPSA) is 51.5 Å². The molecule has 0 saturated carbocycles. The van der Waals surface area contributed by atoms with Crippen LogP contribution in [0.15, 0.2) is 88.8 Å². The Labute approximate surface area is 147 Å². The Balaban J connectivity index is 1.90. The second-order valence-corrected chi connectivity index (χ2v) is 5.84. The summed E-state index contributed by atoms with van der Waals surface area (Å²) in [6.45, 7) is 0. The molecule has 0 amide bonds. The van der Waals surface area contributed by atoms with Crippen LogP contribution in [0, 0.1) is 0 Å². The fraction of sp³-hybridized carbons (Fsp3) is 0. The maximum Gasteiger partial charge on any atom is 0.365 e. The Bertz CT molecular complexity index is 806. The minimum Gasteiger partial charge on any atom is -0.312 e.